The molecule has 37 heavy (non-hydrogen) atoms. The molecule has 0 aliphatic rings. The van der Waals surface area contributed by atoms with Crippen molar-refractivity contribution in [2.75, 3.05) is 0 Å². The van der Waals surface area contributed by atoms with Crippen molar-refractivity contribution in [3.05, 3.63) is 93.5 Å². The second kappa shape index (κ2) is 11.5. The molecule has 0 bridgehead atoms. The van der Waals surface area contributed by atoms with Crippen LogP contribution in [0.5, 0.6) is 11.5 Å². The molecule has 0 fully saturated rings. The van der Waals surface area contributed by atoms with E-state index in [1.807, 2.05) is 44.2 Å². The van der Waals surface area contributed by atoms with Gasteiger partial charge >= 0.3 is 12.1 Å². The molecule has 0 spiro atoms. The van der Waals surface area contributed by atoms with Crippen molar-refractivity contribution < 1.29 is 32.6 Å². The highest BCUT2D eigenvalue weighted by molar-refractivity contribution is 5.96. The molecule has 3 aromatic rings. The van der Waals surface area contributed by atoms with Crippen molar-refractivity contribution in [2.45, 2.75) is 59.2 Å². The highest BCUT2D eigenvalue weighted by atomic mass is 19.4. The van der Waals surface area contributed by atoms with Crippen LogP contribution in [0.15, 0.2) is 54.6 Å². The number of aliphatic carboxylic acids is 1. The van der Waals surface area contributed by atoms with Crippen LogP contribution in [-0.4, -0.2) is 17.0 Å². The number of carboxylic acids is 1. The minimum atomic E-state index is -4.47. The van der Waals surface area contributed by atoms with E-state index >= 15 is 0 Å². The smallest absolute Gasteiger partial charge is 0.416 e. The summed E-state index contributed by atoms with van der Waals surface area (Å²) in [5.41, 5.74) is 3.30. The lowest BCUT2D eigenvalue weighted by molar-refractivity contribution is -0.138. The van der Waals surface area contributed by atoms with E-state index in [2.05, 4.69) is 5.32 Å². The number of ether oxygens (including phenoxy) is 1. The molecule has 196 valence electrons. The van der Waals surface area contributed by atoms with Gasteiger partial charge in [0.1, 0.15) is 11.5 Å². The fraction of sp³-hybridized carbons (Fsp3) is 0.310. The zero-order chi connectivity index (χ0) is 27.3. The number of alkyl halides is 3. The number of hydrogen-bond acceptors (Lipinski definition) is 3. The largest absolute Gasteiger partial charge is 0.481 e. The summed E-state index contributed by atoms with van der Waals surface area (Å²) in [5.74, 6) is -0.122. The predicted molar refractivity (Wildman–Crippen MR) is 135 cm³/mol. The number of amides is 1. The molecule has 2 N–H and O–H groups in total. The first-order valence-electron chi connectivity index (χ1n) is 12.0. The Labute approximate surface area is 214 Å². The van der Waals surface area contributed by atoms with Gasteiger partial charge in [-0.1, -0.05) is 19.1 Å². The Hall–Kier alpha value is -3.81. The van der Waals surface area contributed by atoms with Gasteiger partial charge in [0.05, 0.1) is 11.6 Å². The summed E-state index contributed by atoms with van der Waals surface area (Å²) >= 11 is 0. The molecule has 0 radical (unpaired) electrons. The molecule has 1 amide bonds. The Kier molecular flexibility index (Phi) is 8.63. The van der Waals surface area contributed by atoms with Crippen molar-refractivity contribution in [1.29, 1.82) is 0 Å². The number of carbonyl (C=O) groups excluding carboxylic acids is 1. The summed E-state index contributed by atoms with van der Waals surface area (Å²) in [5, 5.41) is 11.8. The molecule has 0 heterocycles. The zero-order valence-corrected chi connectivity index (χ0v) is 21.2. The molecule has 8 heteroatoms. The van der Waals surface area contributed by atoms with E-state index < -0.39 is 29.7 Å². The number of benzene rings is 3. The van der Waals surface area contributed by atoms with E-state index in [1.54, 1.807) is 13.0 Å². The number of carbonyl (C=O) groups is 2. The van der Waals surface area contributed by atoms with Crippen LogP contribution in [0, 0.1) is 13.8 Å². The van der Waals surface area contributed by atoms with Gasteiger partial charge in [-0.25, -0.2) is 0 Å². The monoisotopic (exact) mass is 513 g/mol. The second-order valence-corrected chi connectivity index (χ2v) is 9.08. The first-order chi connectivity index (χ1) is 17.4. The van der Waals surface area contributed by atoms with Crippen LogP contribution < -0.4 is 10.1 Å². The molecule has 0 saturated carbocycles. The fourth-order valence-corrected chi connectivity index (χ4v) is 4.15. The normalized spacial score (nSPS) is 12.2. The highest BCUT2D eigenvalue weighted by Crippen LogP contribution is 2.31. The van der Waals surface area contributed by atoms with E-state index in [4.69, 9.17) is 9.84 Å². The van der Waals surface area contributed by atoms with Crippen LogP contribution in [0.1, 0.15) is 70.0 Å². The maximum atomic E-state index is 13.0. The van der Waals surface area contributed by atoms with Gasteiger partial charge < -0.3 is 15.2 Å². The van der Waals surface area contributed by atoms with Crippen molar-refractivity contribution >= 4 is 11.9 Å². The Morgan fingerprint density at radius 3 is 2.32 bits per heavy atom. The maximum Gasteiger partial charge on any atom is 0.416 e. The summed E-state index contributed by atoms with van der Waals surface area (Å²) in [4.78, 5) is 23.7. The van der Waals surface area contributed by atoms with Crippen molar-refractivity contribution in [1.82, 2.24) is 5.32 Å². The van der Waals surface area contributed by atoms with E-state index in [9.17, 15) is 22.8 Å². The minimum absolute atomic E-state index is 0.0596. The molecular formula is C29H30F3NO4. The molecule has 5 nitrogen and oxygen atoms in total. The van der Waals surface area contributed by atoms with Gasteiger partial charge in [-0.2, -0.15) is 13.2 Å². The summed E-state index contributed by atoms with van der Waals surface area (Å²) < 4.78 is 45.0. The lowest BCUT2D eigenvalue weighted by atomic mass is 10.0. The first-order valence-corrected chi connectivity index (χ1v) is 12.0. The number of rotatable bonds is 9. The SMILES string of the molecule is CCc1cc(Oc2cc(C)cc(C(C)NC(=O)c3ccc(C(F)(F)F)cc3C)c2)ccc1CCC(=O)O. The topological polar surface area (TPSA) is 75.6 Å². The molecule has 0 aliphatic heterocycles. The molecular weight excluding hydrogens is 483 g/mol. The third-order valence-electron chi connectivity index (χ3n) is 6.12. The third kappa shape index (κ3) is 7.35. The van der Waals surface area contributed by atoms with Gasteiger partial charge in [0.25, 0.3) is 5.91 Å². The molecule has 3 aromatic carbocycles. The van der Waals surface area contributed by atoms with Crippen molar-refractivity contribution in [3.63, 3.8) is 0 Å². The van der Waals surface area contributed by atoms with Crippen LogP contribution in [0.2, 0.25) is 0 Å². The zero-order valence-electron chi connectivity index (χ0n) is 21.2. The van der Waals surface area contributed by atoms with Crippen LogP contribution in [-0.2, 0) is 23.8 Å². The predicted octanol–water partition coefficient (Wildman–Crippen LogP) is 7.19. The Bertz CT molecular complexity index is 1300. The fourth-order valence-electron chi connectivity index (χ4n) is 4.15. The lowest BCUT2D eigenvalue weighted by Crippen LogP contribution is -2.27. The highest BCUT2D eigenvalue weighted by Gasteiger charge is 2.31. The third-order valence-corrected chi connectivity index (χ3v) is 6.12. The average molecular weight is 514 g/mol. The lowest BCUT2D eigenvalue weighted by Gasteiger charge is -2.18. The minimum Gasteiger partial charge on any atom is -0.481 e. The Morgan fingerprint density at radius 1 is 0.973 bits per heavy atom. The van der Waals surface area contributed by atoms with E-state index in [1.165, 1.54) is 13.0 Å². The number of hydrogen-bond donors (Lipinski definition) is 2. The van der Waals surface area contributed by atoms with Gasteiger partial charge in [0.2, 0.25) is 0 Å². The van der Waals surface area contributed by atoms with E-state index in [0.29, 0.717) is 17.9 Å². The van der Waals surface area contributed by atoms with Gasteiger partial charge in [-0.15, -0.1) is 0 Å². The standard InChI is InChI=1S/C29H30F3NO4/c1-5-20-15-24(9-6-21(20)7-11-27(34)35)37-25-13-17(2)12-22(16-25)19(4)33-28(36)26-10-8-23(14-18(26)3)29(30,31)32/h6,8-10,12-16,19H,5,7,11H2,1-4H3,(H,33,36)(H,34,35). The first kappa shape index (κ1) is 27.8. The summed E-state index contributed by atoms with van der Waals surface area (Å²) in [6, 6.07) is 13.8. The number of nitrogens with one attached hydrogen (secondary N) is 1. The van der Waals surface area contributed by atoms with Crippen LogP contribution in [0.25, 0.3) is 0 Å². The second-order valence-electron chi connectivity index (χ2n) is 9.08. The van der Waals surface area contributed by atoms with Crippen LogP contribution in [0.3, 0.4) is 0 Å². The summed E-state index contributed by atoms with van der Waals surface area (Å²) in [6.45, 7) is 7.17. The van der Waals surface area contributed by atoms with E-state index in [0.717, 1.165) is 40.8 Å². The van der Waals surface area contributed by atoms with E-state index in [-0.39, 0.29) is 17.5 Å². The molecule has 1 atom stereocenters. The van der Waals surface area contributed by atoms with Crippen LogP contribution in [0.4, 0.5) is 13.2 Å². The number of aryl methyl sites for hydroxylation is 4. The summed E-state index contributed by atoms with van der Waals surface area (Å²) in [6.07, 6.45) is -3.23. The molecule has 0 saturated heterocycles. The van der Waals surface area contributed by atoms with Crippen LogP contribution >= 0.6 is 0 Å². The quantitative estimate of drug-likeness (QED) is 0.318. The molecule has 1 unspecified atom stereocenters. The van der Waals surface area contributed by atoms with Gasteiger partial charge in [-0.3, -0.25) is 9.59 Å². The Balaban J connectivity index is 1.76. The number of halogens is 3. The number of carboxylic acid groups (broad SMARTS) is 1. The summed E-state index contributed by atoms with van der Waals surface area (Å²) in [7, 11) is 0. The molecule has 3 rings (SSSR count). The average Bonchev–Trinajstić information content (AvgIpc) is 2.81. The maximum absolute atomic E-state index is 13.0. The van der Waals surface area contributed by atoms with Crippen molar-refractivity contribution in [3.8, 4) is 11.5 Å². The van der Waals surface area contributed by atoms with Gasteiger partial charge in [0, 0.05) is 12.0 Å². The molecule has 0 aliphatic carbocycles. The molecule has 0 aromatic heterocycles. The van der Waals surface area contributed by atoms with Gasteiger partial charge in [-0.05, 0) is 104 Å². The van der Waals surface area contributed by atoms with Gasteiger partial charge in [0.15, 0.2) is 0 Å². The van der Waals surface area contributed by atoms with Crippen molar-refractivity contribution in [2.24, 2.45) is 0 Å². The Morgan fingerprint density at radius 2 is 1.70 bits per heavy atom.